The first-order chi connectivity index (χ1) is 20.5. The van der Waals surface area contributed by atoms with Crippen LogP contribution in [0.15, 0.2) is 23.0 Å². The normalized spacial score (nSPS) is 39.2. The molecule has 1 spiro atoms. The predicted molar refractivity (Wildman–Crippen MR) is 145 cm³/mol. The van der Waals surface area contributed by atoms with Crippen LogP contribution in [0.1, 0.15) is 53.4 Å². The van der Waals surface area contributed by atoms with Gasteiger partial charge in [-0.1, -0.05) is 12.5 Å². The number of carbonyl (C=O) groups excluding carboxylic acids is 5. The van der Waals surface area contributed by atoms with Gasteiger partial charge in [0.15, 0.2) is 17.1 Å². The summed E-state index contributed by atoms with van der Waals surface area (Å²) in [6.07, 6.45) is -3.61. The molecule has 9 unspecified atom stereocenters. The van der Waals surface area contributed by atoms with E-state index >= 15 is 0 Å². The molecule has 2 heterocycles. The molecule has 44 heavy (non-hydrogen) atoms. The lowest BCUT2D eigenvalue weighted by atomic mass is 9.38. The summed E-state index contributed by atoms with van der Waals surface area (Å²) in [5.74, 6) is -8.20. The second-order valence-corrected chi connectivity index (χ2v) is 13.0. The number of esters is 4. The number of Topliss-reactive ketones (excluding diaryl/α,β-unsaturated/α-hetero) is 1. The standard InChI is InChI=1S/C30H37NO13/c1-12(2)6-20(36)43-22-24-29-11-41-30(24,27(39)40-5)10-17(33)23(29)28(4)9-16(32)21(44-25(37)15(31)8-19(34)35)13(3)14(28)7-18(29)42-26(22)38/h6,14-15,17-18,22-24,33H,7-11,31H2,1-5H3,(H,34,35)/t14?,15?,17?,18?,22?,23?,24?,28?,29?,30-/m1/s1. The van der Waals surface area contributed by atoms with Crippen molar-refractivity contribution in [1.29, 1.82) is 0 Å². The Labute approximate surface area is 252 Å². The molecule has 240 valence electrons. The Hall–Kier alpha value is -3.62. The van der Waals surface area contributed by atoms with Crippen molar-refractivity contribution < 1.29 is 62.7 Å². The Kier molecular flexibility index (Phi) is 7.78. The average Bonchev–Trinajstić information content (AvgIpc) is 3.16. The van der Waals surface area contributed by atoms with Gasteiger partial charge in [0, 0.05) is 30.3 Å². The number of allylic oxidation sites excluding steroid dienone is 3. The Morgan fingerprint density at radius 2 is 1.86 bits per heavy atom. The number of aliphatic carboxylic acids is 1. The Morgan fingerprint density at radius 1 is 1.18 bits per heavy atom. The maximum Gasteiger partial charge on any atom is 0.348 e. The summed E-state index contributed by atoms with van der Waals surface area (Å²) in [6, 6.07) is -1.50. The molecule has 2 aliphatic heterocycles. The highest BCUT2D eigenvalue weighted by Gasteiger charge is 2.82. The van der Waals surface area contributed by atoms with E-state index in [-0.39, 0.29) is 31.6 Å². The zero-order chi connectivity index (χ0) is 32.5. The minimum absolute atomic E-state index is 0.110. The van der Waals surface area contributed by atoms with Crippen LogP contribution in [-0.2, 0) is 52.5 Å². The summed E-state index contributed by atoms with van der Waals surface area (Å²) in [4.78, 5) is 77.0. The van der Waals surface area contributed by atoms with Crippen LogP contribution < -0.4 is 5.73 Å². The Bertz CT molecular complexity index is 1400. The van der Waals surface area contributed by atoms with Gasteiger partial charge in [-0.05, 0) is 44.1 Å². The second-order valence-electron chi connectivity index (χ2n) is 13.0. The van der Waals surface area contributed by atoms with Crippen molar-refractivity contribution in [2.75, 3.05) is 13.7 Å². The van der Waals surface area contributed by atoms with Crippen LogP contribution in [-0.4, -0.2) is 89.5 Å². The van der Waals surface area contributed by atoms with Crippen molar-refractivity contribution >= 4 is 35.6 Å². The summed E-state index contributed by atoms with van der Waals surface area (Å²) in [5.41, 5.74) is 2.55. The van der Waals surface area contributed by atoms with Crippen LogP contribution in [0.3, 0.4) is 0 Å². The monoisotopic (exact) mass is 619 g/mol. The number of ketones is 1. The first-order valence-electron chi connectivity index (χ1n) is 14.4. The number of aliphatic hydroxyl groups excluding tert-OH is 1. The van der Waals surface area contributed by atoms with Crippen molar-refractivity contribution in [1.82, 2.24) is 0 Å². The highest BCUT2D eigenvalue weighted by atomic mass is 16.6. The third-order valence-corrected chi connectivity index (χ3v) is 10.2. The Balaban J connectivity index is 1.61. The van der Waals surface area contributed by atoms with E-state index in [0.29, 0.717) is 11.1 Å². The van der Waals surface area contributed by atoms with Gasteiger partial charge < -0.3 is 39.6 Å². The van der Waals surface area contributed by atoms with Crippen LogP contribution in [0.4, 0.5) is 0 Å². The number of aliphatic hydroxyl groups is 1. The number of rotatable bonds is 7. The van der Waals surface area contributed by atoms with Crippen LogP contribution in [0, 0.1) is 28.6 Å². The quantitative estimate of drug-likeness (QED) is 0.199. The van der Waals surface area contributed by atoms with Crippen LogP contribution in [0.5, 0.6) is 0 Å². The van der Waals surface area contributed by atoms with Crippen molar-refractivity contribution in [3.05, 3.63) is 23.0 Å². The van der Waals surface area contributed by atoms with E-state index in [0.717, 1.165) is 7.11 Å². The van der Waals surface area contributed by atoms with Crippen LogP contribution in [0.2, 0.25) is 0 Å². The molecule has 5 aliphatic rings. The first-order valence-corrected chi connectivity index (χ1v) is 14.4. The molecule has 2 saturated carbocycles. The molecule has 2 saturated heterocycles. The minimum Gasteiger partial charge on any atom is -0.481 e. The number of carbonyl (C=O) groups is 6. The van der Waals surface area contributed by atoms with Gasteiger partial charge in [-0.3, -0.25) is 9.59 Å². The molecular weight excluding hydrogens is 582 g/mol. The number of carboxylic acid groups (broad SMARTS) is 1. The van der Waals surface area contributed by atoms with Crippen molar-refractivity contribution in [3.63, 3.8) is 0 Å². The zero-order valence-electron chi connectivity index (χ0n) is 25.1. The fraction of sp³-hybridized carbons (Fsp3) is 0.667. The lowest BCUT2D eigenvalue weighted by Crippen LogP contribution is -2.75. The summed E-state index contributed by atoms with van der Waals surface area (Å²) in [7, 11) is 1.16. The average molecular weight is 620 g/mol. The van der Waals surface area contributed by atoms with E-state index in [2.05, 4.69) is 0 Å². The SMILES string of the molecule is COC(=O)[C@@]12CC(O)C3C4(C)CC(=O)C(OC(=O)C(N)CC(=O)O)=C(C)C4CC4OC(=O)C(OC(=O)C=C(C)C)C1C43CO2. The number of hydrogen-bond acceptors (Lipinski definition) is 13. The molecular formula is C30H37NO13. The molecule has 4 fully saturated rings. The lowest BCUT2D eigenvalue weighted by Gasteiger charge is -2.66. The summed E-state index contributed by atoms with van der Waals surface area (Å²) in [6.45, 7) is 6.61. The highest BCUT2D eigenvalue weighted by Crippen LogP contribution is 2.72. The molecule has 0 amide bonds. The molecule has 0 aromatic heterocycles. The molecule has 0 radical (unpaired) electrons. The maximum absolute atomic E-state index is 13.6. The number of fused-ring (bicyclic) bond motifs is 2. The number of ether oxygens (including phenoxy) is 5. The maximum atomic E-state index is 13.6. The molecule has 14 heteroatoms. The van der Waals surface area contributed by atoms with E-state index in [4.69, 9.17) is 34.5 Å². The lowest BCUT2D eigenvalue weighted by molar-refractivity contribution is -0.269. The van der Waals surface area contributed by atoms with E-state index in [1.807, 2.05) is 6.92 Å². The van der Waals surface area contributed by atoms with Crippen LogP contribution >= 0.6 is 0 Å². The summed E-state index contributed by atoms with van der Waals surface area (Å²) >= 11 is 0. The summed E-state index contributed by atoms with van der Waals surface area (Å²) in [5, 5.41) is 20.8. The van der Waals surface area contributed by atoms with Crippen LogP contribution in [0.25, 0.3) is 0 Å². The first kappa shape index (κ1) is 31.8. The van der Waals surface area contributed by atoms with Crippen molar-refractivity contribution in [2.45, 2.75) is 83.3 Å². The molecule has 14 nitrogen and oxygen atoms in total. The molecule has 2 bridgehead atoms. The predicted octanol–water partition coefficient (Wildman–Crippen LogP) is 0.333. The number of nitrogens with two attached hydrogens (primary N) is 1. The van der Waals surface area contributed by atoms with Gasteiger partial charge in [0.25, 0.3) is 0 Å². The fourth-order valence-corrected chi connectivity index (χ4v) is 8.86. The van der Waals surface area contributed by atoms with E-state index in [9.17, 15) is 33.9 Å². The van der Waals surface area contributed by atoms with Gasteiger partial charge in [0.1, 0.15) is 12.1 Å². The molecule has 3 aliphatic carbocycles. The van der Waals surface area contributed by atoms with Gasteiger partial charge in [0.2, 0.25) is 6.10 Å². The third-order valence-electron chi connectivity index (χ3n) is 10.2. The fourth-order valence-electron chi connectivity index (χ4n) is 8.86. The summed E-state index contributed by atoms with van der Waals surface area (Å²) < 4.78 is 28.3. The third kappa shape index (κ3) is 4.48. The van der Waals surface area contributed by atoms with Crippen molar-refractivity contribution in [3.8, 4) is 0 Å². The van der Waals surface area contributed by atoms with Gasteiger partial charge in [-0.15, -0.1) is 0 Å². The molecule has 0 aromatic carbocycles. The molecule has 5 rings (SSSR count). The smallest absolute Gasteiger partial charge is 0.348 e. The van der Waals surface area contributed by atoms with Gasteiger partial charge in [-0.25, -0.2) is 19.2 Å². The minimum atomic E-state index is -1.83. The van der Waals surface area contributed by atoms with E-state index in [1.54, 1.807) is 20.8 Å². The number of methoxy groups -OCH3 is 1. The molecule has 0 aromatic rings. The zero-order valence-corrected chi connectivity index (χ0v) is 25.1. The van der Waals surface area contributed by atoms with E-state index < -0.39 is 101 Å². The topological polar surface area (TPSA) is 215 Å². The van der Waals surface area contributed by atoms with Gasteiger partial charge in [-0.2, -0.15) is 0 Å². The second kappa shape index (κ2) is 10.8. The Morgan fingerprint density at radius 3 is 2.48 bits per heavy atom. The van der Waals surface area contributed by atoms with Gasteiger partial charge in [0.05, 0.1) is 32.2 Å². The van der Waals surface area contributed by atoms with Gasteiger partial charge >= 0.3 is 29.8 Å². The highest BCUT2D eigenvalue weighted by molar-refractivity contribution is 5.99. The largest absolute Gasteiger partial charge is 0.481 e. The van der Waals surface area contributed by atoms with E-state index in [1.165, 1.54) is 6.08 Å². The van der Waals surface area contributed by atoms with Crippen molar-refractivity contribution in [2.24, 2.45) is 34.3 Å². The molecule has 4 N–H and O–H groups in total. The number of hydrogen-bond donors (Lipinski definition) is 3. The molecule has 10 atom stereocenters. The number of carboxylic acids is 1.